The summed E-state index contributed by atoms with van der Waals surface area (Å²) in [5.74, 6) is 0.588. The maximum Gasteiger partial charge on any atom is 0.251 e. The zero-order valence-electron chi connectivity index (χ0n) is 13.7. The second kappa shape index (κ2) is 7.79. The van der Waals surface area contributed by atoms with E-state index in [9.17, 15) is 9.90 Å². The molecule has 2 aromatic rings. The Hall–Kier alpha value is -2.33. The van der Waals surface area contributed by atoms with Gasteiger partial charge in [0.05, 0.1) is 13.2 Å². The molecule has 0 aliphatic rings. The van der Waals surface area contributed by atoms with E-state index in [1.165, 1.54) is 0 Å². The highest BCUT2D eigenvalue weighted by Gasteiger charge is 2.16. The Morgan fingerprint density at radius 3 is 2.52 bits per heavy atom. The Morgan fingerprint density at radius 2 is 1.91 bits per heavy atom. The van der Waals surface area contributed by atoms with Crippen molar-refractivity contribution >= 4 is 5.91 Å². The number of aliphatic hydroxyl groups excluding tert-OH is 1. The molecule has 4 nitrogen and oxygen atoms in total. The number of aliphatic hydroxyl groups is 1. The Balaban J connectivity index is 1.97. The molecule has 2 N–H and O–H groups in total. The smallest absolute Gasteiger partial charge is 0.251 e. The fraction of sp³-hybridized carbons (Fsp3) is 0.316. The summed E-state index contributed by atoms with van der Waals surface area (Å²) in [6.07, 6.45) is -0.131. The third-order valence-corrected chi connectivity index (χ3v) is 3.82. The van der Waals surface area contributed by atoms with Crippen molar-refractivity contribution in [3.8, 4) is 5.75 Å². The van der Waals surface area contributed by atoms with Crippen molar-refractivity contribution in [3.05, 3.63) is 65.2 Å². The van der Waals surface area contributed by atoms with Crippen LogP contribution in [-0.2, 0) is 0 Å². The number of benzene rings is 2. The van der Waals surface area contributed by atoms with Gasteiger partial charge >= 0.3 is 0 Å². The molecular weight excluding hydrogens is 290 g/mol. The summed E-state index contributed by atoms with van der Waals surface area (Å²) in [7, 11) is 1.60. The fourth-order valence-corrected chi connectivity index (χ4v) is 2.52. The highest BCUT2D eigenvalue weighted by Crippen LogP contribution is 2.19. The number of aryl methyl sites for hydroxylation is 1. The number of methoxy groups -OCH3 is 1. The van der Waals surface area contributed by atoms with Crippen molar-refractivity contribution in [1.29, 1.82) is 0 Å². The van der Waals surface area contributed by atoms with E-state index in [1.807, 2.05) is 50.2 Å². The molecule has 122 valence electrons. The van der Waals surface area contributed by atoms with Gasteiger partial charge in [-0.2, -0.15) is 0 Å². The predicted molar refractivity (Wildman–Crippen MR) is 90.7 cm³/mol. The molecule has 23 heavy (non-hydrogen) atoms. The second-order valence-corrected chi connectivity index (χ2v) is 5.72. The molecule has 0 saturated carbocycles. The van der Waals surface area contributed by atoms with Crippen molar-refractivity contribution in [3.63, 3.8) is 0 Å². The molecule has 0 aliphatic carbocycles. The molecule has 0 fully saturated rings. The number of amides is 1. The number of hydrogen-bond acceptors (Lipinski definition) is 3. The summed E-state index contributed by atoms with van der Waals surface area (Å²) < 4.78 is 5.15. The maximum atomic E-state index is 12.4. The molecular formula is C19H23NO3. The van der Waals surface area contributed by atoms with Crippen LogP contribution in [0.4, 0.5) is 0 Å². The fourth-order valence-electron chi connectivity index (χ4n) is 2.52. The third kappa shape index (κ3) is 4.57. The van der Waals surface area contributed by atoms with Gasteiger partial charge in [0.1, 0.15) is 5.75 Å². The number of carbonyl (C=O) groups excluding carboxylic acids is 1. The van der Waals surface area contributed by atoms with Crippen molar-refractivity contribution in [2.24, 2.45) is 0 Å². The molecule has 0 spiro atoms. The molecule has 0 radical (unpaired) electrons. The van der Waals surface area contributed by atoms with Gasteiger partial charge < -0.3 is 15.2 Å². The van der Waals surface area contributed by atoms with Crippen LogP contribution in [0.3, 0.4) is 0 Å². The lowest BCUT2D eigenvalue weighted by Crippen LogP contribution is -2.34. The Bertz CT molecular complexity index is 655. The minimum atomic E-state index is -0.594. The van der Waals surface area contributed by atoms with Crippen LogP contribution in [0.1, 0.15) is 40.9 Å². The highest BCUT2D eigenvalue weighted by atomic mass is 16.5. The average molecular weight is 313 g/mol. The van der Waals surface area contributed by atoms with Crippen molar-refractivity contribution < 1.29 is 14.6 Å². The van der Waals surface area contributed by atoms with Gasteiger partial charge in [0.2, 0.25) is 0 Å². The van der Waals surface area contributed by atoms with E-state index >= 15 is 0 Å². The van der Waals surface area contributed by atoms with E-state index in [-0.39, 0.29) is 11.9 Å². The molecule has 0 saturated heterocycles. The van der Waals surface area contributed by atoms with Crippen molar-refractivity contribution in [2.75, 3.05) is 7.11 Å². The molecule has 4 heteroatoms. The number of nitrogens with one attached hydrogen (secondary N) is 1. The first-order valence-electron chi connectivity index (χ1n) is 7.69. The van der Waals surface area contributed by atoms with Crippen LogP contribution >= 0.6 is 0 Å². The minimum Gasteiger partial charge on any atom is -0.497 e. The Labute approximate surface area is 137 Å². The van der Waals surface area contributed by atoms with Gasteiger partial charge in [-0.3, -0.25) is 4.79 Å². The number of carbonyl (C=O) groups is 1. The normalized spacial score (nSPS) is 13.2. The topological polar surface area (TPSA) is 58.6 Å². The van der Waals surface area contributed by atoms with Crippen LogP contribution in [-0.4, -0.2) is 24.2 Å². The first-order valence-corrected chi connectivity index (χ1v) is 7.69. The first-order chi connectivity index (χ1) is 11.0. The Morgan fingerprint density at radius 1 is 1.22 bits per heavy atom. The van der Waals surface area contributed by atoms with Crippen LogP contribution in [0.2, 0.25) is 0 Å². The van der Waals surface area contributed by atoms with E-state index in [1.54, 1.807) is 19.2 Å². The van der Waals surface area contributed by atoms with Gasteiger partial charge in [-0.25, -0.2) is 0 Å². The van der Waals surface area contributed by atoms with Crippen LogP contribution < -0.4 is 10.1 Å². The molecule has 0 heterocycles. The van der Waals surface area contributed by atoms with Crippen LogP contribution in [0.25, 0.3) is 0 Å². The van der Waals surface area contributed by atoms with Gasteiger partial charge in [-0.05, 0) is 49.6 Å². The van der Waals surface area contributed by atoms with Gasteiger partial charge in [0, 0.05) is 11.6 Å². The van der Waals surface area contributed by atoms with E-state index in [2.05, 4.69) is 5.32 Å². The second-order valence-electron chi connectivity index (χ2n) is 5.72. The van der Waals surface area contributed by atoms with Gasteiger partial charge in [0.25, 0.3) is 5.91 Å². The zero-order chi connectivity index (χ0) is 16.8. The largest absolute Gasteiger partial charge is 0.497 e. The van der Waals surface area contributed by atoms with E-state index in [4.69, 9.17) is 4.74 Å². The summed E-state index contributed by atoms with van der Waals surface area (Å²) in [4.78, 5) is 12.4. The van der Waals surface area contributed by atoms with E-state index < -0.39 is 6.10 Å². The lowest BCUT2D eigenvalue weighted by atomic mass is 10.0. The van der Waals surface area contributed by atoms with Gasteiger partial charge in [-0.1, -0.05) is 30.3 Å². The quantitative estimate of drug-likeness (QED) is 0.860. The molecule has 2 atom stereocenters. The van der Waals surface area contributed by atoms with Crippen LogP contribution in [0.15, 0.2) is 48.5 Å². The molecule has 0 aliphatic heterocycles. The first kappa shape index (κ1) is 17.0. The standard InChI is InChI=1S/C19H23NO3/c1-13-11-16(23-3)9-10-17(13)19(22)20-14(2)12-18(21)15-7-5-4-6-8-15/h4-11,14,18,21H,12H2,1-3H3,(H,20,22). The molecule has 0 bridgehead atoms. The summed E-state index contributed by atoms with van der Waals surface area (Å²) in [6, 6.07) is 14.7. The lowest BCUT2D eigenvalue weighted by molar-refractivity contribution is 0.0916. The van der Waals surface area contributed by atoms with Crippen molar-refractivity contribution in [2.45, 2.75) is 32.4 Å². The van der Waals surface area contributed by atoms with E-state index in [0.717, 1.165) is 16.9 Å². The summed E-state index contributed by atoms with van der Waals surface area (Å²) in [5, 5.41) is 13.2. The molecule has 2 unspecified atom stereocenters. The SMILES string of the molecule is COc1ccc(C(=O)NC(C)CC(O)c2ccccc2)c(C)c1. The summed E-state index contributed by atoms with van der Waals surface area (Å²) in [5.41, 5.74) is 2.33. The molecule has 1 amide bonds. The lowest BCUT2D eigenvalue weighted by Gasteiger charge is -2.19. The highest BCUT2D eigenvalue weighted by molar-refractivity contribution is 5.95. The van der Waals surface area contributed by atoms with Crippen LogP contribution in [0.5, 0.6) is 5.75 Å². The monoisotopic (exact) mass is 313 g/mol. The summed E-state index contributed by atoms with van der Waals surface area (Å²) >= 11 is 0. The molecule has 2 rings (SSSR count). The Kier molecular flexibility index (Phi) is 5.77. The summed E-state index contributed by atoms with van der Waals surface area (Å²) in [6.45, 7) is 3.77. The average Bonchev–Trinajstić information content (AvgIpc) is 2.55. The number of ether oxygens (including phenoxy) is 1. The van der Waals surface area contributed by atoms with Crippen molar-refractivity contribution in [1.82, 2.24) is 5.32 Å². The third-order valence-electron chi connectivity index (χ3n) is 3.82. The maximum absolute atomic E-state index is 12.4. The van der Waals surface area contributed by atoms with Crippen LogP contribution in [0, 0.1) is 6.92 Å². The van der Waals surface area contributed by atoms with Gasteiger partial charge in [0.15, 0.2) is 0 Å². The van der Waals surface area contributed by atoms with E-state index in [0.29, 0.717) is 12.0 Å². The zero-order valence-corrected chi connectivity index (χ0v) is 13.7. The predicted octanol–water partition coefficient (Wildman–Crippen LogP) is 3.25. The molecule has 0 aromatic heterocycles. The van der Waals surface area contributed by atoms with Gasteiger partial charge in [-0.15, -0.1) is 0 Å². The minimum absolute atomic E-state index is 0.140. The number of rotatable bonds is 6. The molecule has 2 aromatic carbocycles. The number of hydrogen-bond donors (Lipinski definition) is 2.